The largest absolute Gasteiger partial charge is 0.357 e. The minimum atomic E-state index is 0.0456. The van der Waals surface area contributed by atoms with E-state index in [9.17, 15) is 4.79 Å². The number of benzene rings is 1. The molecule has 1 aliphatic rings. The fraction of sp³-hybridized carbons (Fsp3) is 0.368. The number of carbonyl (C=O) groups excluding carboxylic acids is 1. The number of amides is 1. The molecule has 0 radical (unpaired) electrons. The second-order valence-corrected chi connectivity index (χ2v) is 7.15. The van der Waals surface area contributed by atoms with Crippen molar-refractivity contribution in [2.45, 2.75) is 31.2 Å². The lowest BCUT2D eigenvalue weighted by atomic mass is 10.2. The Hall–Kier alpha value is -2.01. The molecule has 24 heavy (non-hydrogen) atoms. The summed E-state index contributed by atoms with van der Waals surface area (Å²) in [5, 5.41) is 2.96. The minimum Gasteiger partial charge on any atom is -0.357 e. The maximum absolute atomic E-state index is 12.0. The van der Waals surface area contributed by atoms with Crippen LogP contribution in [-0.4, -0.2) is 29.7 Å². The van der Waals surface area contributed by atoms with Gasteiger partial charge in [-0.25, -0.2) is 4.98 Å². The molecule has 0 spiro atoms. The summed E-state index contributed by atoms with van der Waals surface area (Å²) in [4.78, 5) is 19.9. The fourth-order valence-electron chi connectivity index (χ4n) is 2.69. The Morgan fingerprint density at radius 2 is 1.92 bits per heavy atom. The summed E-state index contributed by atoms with van der Waals surface area (Å²) in [6.07, 6.45) is 4.36. The molecule has 0 unspecified atom stereocenters. The monoisotopic (exact) mass is 341 g/mol. The topological polar surface area (TPSA) is 45.2 Å². The second-order valence-electron chi connectivity index (χ2n) is 6.10. The highest BCUT2D eigenvalue weighted by molar-refractivity contribution is 8.00. The van der Waals surface area contributed by atoms with Crippen molar-refractivity contribution in [3.05, 3.63) is 53.7 Å². The van der Waals surface area contributed by atoms with Crippen molar-refractivity contribution in [1.29, 1.82) is 0 Å². The molecule has 126 valence electrons. The van der Waals surface area contributed by atoms with E-state index in [0.29, 0.717) is 12.3 Å². The van der Waals surface area contributed by atoms with Gasteiger partial charge in [-0.1, -0.05) is 23.8 Å². The van der Waals surface area contributed by atoms with Crippen LogP contribution in [0.3, 0.4) is 0 Å². The third-order valence-corrected chi connectivity index (χ3v) is 5.13. The van der Waals surface area contributed by atoms with E-state index in [0.717, 1.165) is 29.4 Å². The lowest BCUT2D eigenvalue weighted by Crippen LogP contribution is -2.24. The van der Waals surface area contributed by atoms with Gasteiger partial charge in [0.05, 0.1) is 5.75 Å². The quantitative estimate of drug-likeness (QED) is 0.818. The molecule has 0 bridgehead atoms. The highest BCUT2D eigenvalue weighted by Gasteiger charge is 2.13. The van der Waals surface area contributed by atoms with Gasteiger partial charge in [0.2, 0.25) is 5.91 Å². The third kappa shape index (κ3) is 4.74. The lowest BCUT2D eigenvalue weighted by molar-refractivity contribution is -0.118. The van der Waals surface area contributed by atoms with E-state index >= 15 is 0 Å². The van der Waals surface area contributed by atoms with E-state index in [-0.39, 0.29) is 5.91 Å². The Kier molecular flexibility index (Phi) is 5.75. The summed E-state index contributed by atoms with van der Waals surface area (Å²) < 4.78 is 0. The predicted molar refractivity (Wildman–Crippen MR) is 99.4 cm³/mol. The highest BCUT2D eigenvalue weighted by Crippen LogP contribution is 2.19. The number of hydrogen-bond donors (Lipinski definition) is 1. The standard InChI is InChI=1S/C19H23N3OS/c1-15-4-7-17(8-5-15)24-14-19(23)21-13-16-6-9-18(20-12-16)22-10-2-3-11-22/h4-9,12H,2-3,10-11,13-14H2,1H3,(H,21,23). The first-order valence-corrected chi connectivity index (χ1v) is 9.35. The summed E-state index contributed by atoms with van der Waals surface area (Å²) in [5.74, 6) is 1.52. The van der Waals surface area contributed by atoms with Crippen LogP contribution < -0.4 is 10.2 Å². The van der Waals surface area contributed by atoms with Crippen LogP contribution in [0.5, 0.6) is 0 Å². The average molecular weight is 341 g/mol. The van der Waals surface area contributed by atoms with Crippen molar-refractivity contribution < 1.29 is 4.79 Å². The van der Waals surface area contributed by atoms with Crippen LogP contribution in [0.25, 0.3) is 0 Å². The number of pyridine rings is 1. The van der Waals surface area contributed by atoms with Gasteiger partial charge < -0.3 is 10.2 Å². The molecule has 1 N–H and O–H groups in total. The van der Waals surface area contributed by atoms with Crippen LogP contribution >= 0.6 is 11.8 Å². The first-order valence-electron chi connectivity index (χ1n) is 8.37. The molecule has 3 rings (SSSR count). The van der Waals surface area contributed by atoms with Gasteiger partial charge in [0.1, 0.15) is 5.82 Å². The third-order valence-electron chi connectivity index (χ3n) is 4.12. The van der Waals surface area contributed by atoms with Gasteiger partial charge >= 0.3 is 0 Å². The number of nitrogens with zero attached hydrogens (tertiary/aromatic N) is 2. The van der Waals surface area contributed by atoms with Gasteiger partial charge in [-0.2, -0.15) is 0 Å². The van der Waals surface area contributed by atoms with Gasteiger partial charge in [-0.05, 0) is 43.5 Å². The highest BCUT2D eigenvalue weighted by atomic mass is 32.2. The average Bonchev–Trinajstić information content (AvgIpc) is 3.14. The fourth-order valence-corrected chi connectivity index (χ4v) is 3.42. The van der Waals surface area contributed by atoms with E-state index in [1.807, 2.05) is 30.5 Å². The van der Waals surface area contributed by atoms with E-state index in [1.54, 1.807) is 11.8 Å². The van der Waals surface area contributed by atoms with Crippen LogP contribution in [0.2, 0.25) is 0 Å². The van der Waals surface area contributed by atoms with Crippen molar-refractivity contribution >= 4 is 23.5 Å². The number of aromatic nitrogens is 1. The summed E-state index contributed by atoms with van der Waals surface area (Å²) in [5.41, 5.74) is 2.26. The van der Waals surface area contributed by atoms with Gasteiger partial charge in [-0.15, -0.1) is 11.8 Å². The van der Waals surface area contributed by atoms with Crippen LogP contribution in [0.1, 0.15) is 24.0 Å². The van der Waals surface area contributed by atoms with Crippen molar-refractivity contribution in [1.82, 2.24) is 10.3 Å². The Labute approximate surface area is 147 Å². The Morgan fingerprint density at radius 1 is 1.17 bits per heavy atom. The molecule has 1 fully saturated rings. The Bertz CT molecular complexity index is 664. The molecule has 5 heteroatoms. The first-order chi connectivity index (χ1) is 11.7. The minimum absolute atomic E-state index is 0.0456. The van der Waals surface area contributed by atoms with Crippen molar-refractivity contribution in [3.8, 4) is 0 Å². The zero-order valence-corrected chi connectivity index (χ0v) is 14.8. The molecule has 0 aliphatic carbocycles. The van der Waals surface area contributed by atoms with Crippen molar-refractivity contribution in [3.63, 3.8) is 0 Å². The summed E-state index contributed by atoms with van der Waals surface area (Å²) >= 11 is 1.56. The van der Waals surface area contributed by atoms with E-state index < -0.39 is 0 Å². The number of anilines is 1. The molecule has 2 heterocycles. The molecule has 4 nitrogen and oxygen atoms in total. The number of thioether (sulfide) groups is 1. The first kappa shape index (κ1) is 16.8. The number of nitrogens with one attached hydrogen (secondary N) is 1. The summed E-state index contributed by atoms with van der Waals surface area (Å²) in [7, 11) is 0. The molecule has 1 aromatic carbocycles. The van der Waals surface area contributed by atoms with Gasteiger partial charge in [-0.3, -0.25) is 4.79 Å². The number of carbonyl (C=O) groups is 1. The lowest BCUT2D eigenvalue weighted by Gasteiger charge is -2.16. The smallest absolute Gasteiger partial charge is 0.230 e. The van der Waals surface area contributed by atoms with E-state index in [1.165, 1.54) is 18.4 Å². The number of hydrogen-bond acceptors (Lipinski definition) is 4. The molecule has 1 amide bonds. The van der Waals surface area contributed by atoms with E-state index in [2.05, 4.69) is 34.3 Å². The van der Waals surface area contributed by atoms with Crippen molar-refractivity contribution in [2.24, 2.45) is 0 Å². The maximum Gasteiger partial charge on any atom is 0.230 e. The maximum atomic E-state index is 12.0. The predicted octanol–water partition coefficient (Wildman–Crippen LogP) is 3.40. The van der Waals surface area contributed by atoms with E-state index in [4.69, 9.17) is 0 Å². The molecule has 1 saturated heterocycles. The van der Waals surface area contributed by atoms with Crippen LogP contribution in [0.4, 0.5) is 5.82 Å². The molecule has 1 aromatic heterocycles. The molecule has 0 atom stereocenters. The number of aryl methyl sites for hydroxylation is 1. The van der Waals surface area contributed by atoms with Crippen LogP contribution in [0.15, 0.2) is 47.5 Å². The molecule has 0 saturated carbocycles. The molecule has 1 aliphatic heterocycles. The SMILES string of the molecule is Cc1ccc(SCC(=O)NCc2ccc(N3CCCC3)nc2)cc1. The van der Waals surface area contributed by atoms with Gasteiger partial charge in [0, 0.05) is 30.7 Å². The van der Waals surface area contributed by atoms with Gasteiger partial charge in [0.15, 0.2) is 0 Å². The second kappa shape index (κ2) is 8.20. The molecule has 2 aromatic rings. The Morgan fingerprint density at radius 3 is 2.58 bits per heavy atom. The van der Waals surface area contributed by atoms with Crippen LogP contribution in [0, 0.1) is 6.92 Å². The number of rotatable bonds is 6. The zero-order valence-electron chi connectivity index (χ0n) is 14.0. The normalized spacial score (nSPS) is 14.0. The molecular formula is C19H23N3OS. The Balaban J connectivity index is 1.43. The summed E-state index contributed by atoms with van der Waals surface area (Å²) in [6.45, 7) is 4.78. The van der Waals surface area contributed by atoms with Gasteiger partial charge in [0.25, 0.3) is 0 Å². The van der Waals surface area contributed by atoms with Crippen LogP contribution in [-0.2, 0) is 11.3 Å². The van der Waals surface area contributed by atoms with Crippen molar-refractivity contribution in [2.75, 3.05) is 23.7 Å². The molecular weight excluding hydrogens is 318 g/mol. The zero-order chi connectivity index (χ0) is 16.8. The summed E-state index contributed by atoms with van der Waals surface area (Å²) in [6, 6.07) is 12.3.